The van der Waals surface area contributed by atoms with E-state index in [1.165, 1.54) is 41.5 Å². The zero-order valence-electron chi connectivity index (χ0n) is 29.4. The van der Waals surface area contributed by atoms with E-state index in [0.29, 0.717) is 50.8 Å². The van der Waals surface area contributed by atoms with Gasteiger partial charge in [0, 0.05) is 61.2 Å². The third-order valence-corrected chi connectivity index (χ3v) is 11.3. The Kier molecular flexibility index (Phi) is 9.55. The van der Waals surface area contributed by atoms with E-state index < -0.39 is 0 Å². The van der Waals surface area contributed by atoms with Crippen LogP contribution in [0.25, 0.3) is 33.3 Å². The van der Waals surface area contributed by atoms with Crippen LogP contribution >= 0.6 is 0 Å². The van der Waals surface area contributed by atoms with Crippen LogP contribution in [0.5, 0.6) is 0 Å². The number of rotatable bonds is 8. The van der Waals surface area contributed by atoms with Crippen molar-refractivity contribution >= 4 is 22.9 Å². The average molecular weight is 679 g/mol. The maximum Gasteiger partial charge on any atom is 0.409 e. The molecular formula is C44H46N4O3. The van der Waals surface area contributed by atoms with Crippen LogP contribution in [0.3, 0.4) is 0 Å². The highest BCUT2D eigenvalue weighted by atomic mass is 16.6. The average Bonchev–Trinajstić information content (AvgIpc) is 3.51. The van der Waals surface area contributed by atoms with Gasteiger partial charge in [-0.05, 0) is 54.0 Å². The second kappa shape index (κ2) is 14.7. The first kappa shape index (κ1) is 33.2. The zero-order valence-corrected chi connectivity index (χ0v) is 29.4. The molecule has 1 atom stereocenters. The lowest BCUT2D eigenvalue weighted by Crippen LogP contribution is -2.48. The summed E-state index contributed by atoms with van der Waals surface area (Å²) in [6.45, 7) is 5.49. The standard InChI is InChI=1S/C44H46N4O3/c1-30(31-14-4-2-5-15-31)45-43(49)41-37-22-12-13-23-40(37)46-42(32-16-6-3-7-17-32)38(41)28-47-24-26-48(27-25-47)44(50)51-29-39-35-20-10-8-18-33(35)34-19-9-11-21-36(34)39/h3,6-13,16-23,30-31,39H,2,4-5,14-15,24-29H2,1H3,(H,45,49)/t30-/m0/s1. The number of pyridine rings is 1. The Morgan fingerprint density at radius 1 is 0.784 bits per heavy atom. The van der Waals surface area contributed by atoms with Crippen LogP contribution in [0.1, 0.15) is 72.0 Å². The highest BCUT2D eigenvalue weighted by molar-refractivity contribution is 6.09. The highest BCUT2D eigenvalue weighted by Gasteiger charge is 2.32. The number of carbonyl (C=O) groups is 2. The number of fused-ring (bicyclic) bond motifs is 4. The number of nitrogens with one attached hydrogen (secondary N) is 1. The van der Waals surface area contributed by atoms with E-state index in [1.807, 2.05) is 47.4 Å². The Bertz CT molecular complexity index is 1990. The second-order valence-corrected chi connectivity index (χ2v) is 14.4. The lowest BCUT2D eigenvalue weighted by molar-refractivity contribution is 0.0728. The van der Waals surface area contributed by atoms with Crippen molar-refractivity contribution in [3.8, 4) is 22.4 Å². The molecule has 2 aliphatic carbocycles. The maximum absolute atomic E-state index is 14.4. The van der Waals surface area contributed by atoms with Gasteiger partial charge in [0.15, 0.2) is 0 Å². The van der Waals surface area contributed by atoms with Gasteiger partial charge in [-0.1, -0.05) is 116 Å². The molecule has 7 heteroatoms. The van der Waals surface area contributed by atoms with Crippen molar-refractivity contribution in [2.24, 2.45) is 5.92 Å². The summed E-state index contributed by atoms with van der Waals surface area (Å²) in [5.74, 6) is 0.500. The van der Waals surface area contributed by atoms with Crippen LogP contribution in [0.15, 0.2) is 103 Å². The Hall–Kier alpha value is -5.01. The lowest BCUT2D eigenvalue weighted by atomic mass is 9.84. The molecule has 2 heterocycles. The molecule has 2 amide bonds. The lowest BCUT2D eigenvalue weighted by Gasteiger charge is -2.35. The smallest absolute Gasteiger partial charge is 0.409 e. The van der Waals surface area contributed by atoms with Gasteiger partial charge in [0.05, 0.1) is 16.8 Å². The van der Waals surface area contributed by atoms with Crippen molar-refractivity contribution in [3.63, 3.8) is 0 Å². The first-order chi connectivity index (χ1) is 25.0. The molecule has 1 N–H and O–H groups in total. The van der Waals surface area contributed by atoms with Crippen molar-refractivity contribution in [2.45, 2.75) is 57.5 Å². The molecule has 0 radical (unpaired) electrons. The number of piperazine rings is 1. The van der Waals surface area contributed by atoms with Crippen molar-refractivity contribution in [1.82, 2.24) is 20.1 Å². The molecule has 0 unspecified atom stereocenters. The largest absolute Gasteiger partial charge is 0.448 e. The van der Waals surface area contributed by atoms with Gasteiger partial charge >= 0.3 is 6.09 Å². The van der Waals surface area contributed by atoms with E-state index in [0.717, 1.165) is 40.6 Å². The molecule has 0 bridgehead atoms. The van der Waals surface area contributed by atoms with Crippen molar-refractivity contribution in [2.75, 3.05) is 32.8 Å². The van der Waals surface area contributed by atoms with Gasteiger partial charge in [-0.15, -0.1) is 0 Å². The number of ether oxygens (including phenoxy) is 1. The summed E-state index contributed by atoms with van der Waals surface area (Å²) in [4.78, 5) is 37.2. The number of carbonyl (C=O) groups excluding carboxylic acids is 2. The van der Waals surface area contributed by atoms with Crippen LogP contribution in [0.4, 0.5) is 4.79 Å². The molecule has 1 saturated carbocycles. The summed E-state index contributed by atoms with van der Waals surface area (Å²) in [7, 11) is 0. The summed E-state index contributed by atoms with van der Waals surface area (Å²) >= 11 is 0. The number of benzene rings is 4. The van der Waals surface area contributed by atoms with E-state index in [4.69, 9.17) is 9.72 Å². The predicted octanol–water partition coefficient (Wildman–Crippen LogP) is 8.67. The fraction of sp³-hybridized carbons (Fsp3) is 0.341. The van der Waals surface area contributed by atoms with E-state index >= 15 is 0 Å². The van der Waals surface area contributed by atoms with Crippen molar-refractivity contribution in [3.05, 3.63) is 125 Å². The summed E-state index contributed by atoms with van der Waals surface area (Å²) in [5, 5.41) is 4.30. The van der Waals surface area contributed by atoms with E-state index in [1.54, 1.807) is 0 Å². The molecule has 1 aliphatic heterocycles. The third-order valence-electron chi connectivity index (χ3n) is 11.3. The zero-order chi connectivity index (χ0) is 34.7. The SMILES string of the molecule is C[C@H](NC(=O)c1c(CN2CCN(C(=O)OCC3c4ccccc4-c4ccccc43)CC2)c(-c2ccccc2)nc2ccccc12)C1CCCCC1. The molecule has 1 saturated heterocycles. The molecule has 260 valence electrons. The first-order valence-corrected chi connectivity index (χ1v) is 18.7. The number of aromatic nitrogens is 1. The number of hydrogen-bond donors (Lipinski definition) is 1. The minimum Gasteiger partial charge on any atom is -0.448 e. The molecule has 7 nitrogen and oxygen atoms in total. The first-order valence-electron chi connectivity index (χ1n) is 18.7. The molecule has 51 heavy (non-hydrogen) atoms. The monoisotopic (exact) mass is 678 g/mol. The van der Waals surface area contributed by atoms with Gasteiger partial charge in [0.2, 0.25) is 0 Å². The number of amides is 2. The fourth-order valence-electron chi connectivity index (χ4n) is 8.53. The fourth-order valence-corrected chi connectivity index (χ4v) is 8.53. The molecule has 4 aromatic carbocycles. The molecule has 2 fully saturated rings. The second-order valence-electron chi connectivity index (χ2n) is 14.4. The Morgan fingerprint density at radius 3 is 2.12 bits per heavy atom. The van der Waals surface area contributed by atoms with Crippen LogP contribution in [0, 0.1) is 5.92 Å². The summed E-state index contributed by atoms with van der Waals surface area (Å²) in [5.41, 5.74) is 9.15. The van der Waals surface area contributed by atoms with Gasteiger partial charge < -0.3 is 15.0 Å². The summed E-state index contributed by atoms with van der Waals surface area (Å²) in [6, 6.07) is 35.1. The molecule has 0 spiro atoms. The van der Waals surface area contributed by atoms with Crippen LogP contribution in [0.2, 0.25) is 0 Å². The van der Waals surface area contributed by atoms with E-state index in [2.05, 4.69) is 77.8 Å². The quantitative estimate of drug-likeness (QED) is 0.178. The Labute approximate surface area is 300 Å². The molecule has 5 aromatic rings. The minimum atomic E-state index is -0.273. The van der Waals surface area contributed by atoms with Gasteiger partial charge in [-0.3, -0.25) is 9.69 Å². The van der Waals surface area contributed by atoms with Gasteiger partial charge in [-0.25, -0.2) is 9.78 Å². The molecule has 1 aromatic heterocycles. The van der Waals surface area contributed by atoms with Gasteiger partial charge in [0.1, 0.15) is 6.61 Å². The summed E-state index contributed by atoms with van der Waals surface area (Å²) < 4.78 is 6.00. The topological polar surface area (TPSA) is 74.8 Å². The van der Waals surface area contributed by atoms with Crippen LogP contribution in [-0.2, 0) is 11.3 Å². The van der Waals surface area contributed by atoms with Crippen molar-refractivity contribution < 1.29 is 14.3 Å². The van der Waals surface area contributed by atoms with Crippen molar-refractivity contribution in [1.29, 1.82) is 0 Å². The van der Waals surface area contributed by atoms with Crippen LogP contribution < -0.4 is 5.32 Å². The normalized spacial score (nSPS) is 17.2. The molecule has 8 rings (SSSR count). The molecular weight excluding hydrogens is 633 g/mol. The predicted molar refractivity (Wildman–Crippen MR) is 203 cm³/mol. The number of hydrogen-bond acceptors (Lipinski definition) is 5. The Morgan fingerprint density at radius 2 is 1.41 bits per heavy atom. The highest BCUT2D eigenvalue weighted by Crippen LogP contribution is 2.44. The minimum absolute atomic E-state index is 0.0314. The van der Waals surface area contributed by atoms with E-state index in [9.17, 15) is 9.59 Å². The Balaban J connectivity index is 1.01. The van der Waals surface area contributed by atoms with Gasteiger partial charge in [0.25, 0.3) is 5.91 Å². The van der Waals surface area contributed by atoms with Gasteiger partial charge in [-0.2, -0.15) is 0 Å². The maximum atomic E-state index is 14.4. The van der Waals surface area contributed by atoms with E-state index in [-0.39, 0.29) is 24.0 Å². The molecule has 3 aliphatic rings. The van der Waals surface area contributed by atoms with Crippen LogP contribution in [-0.4, -0.2) is 65.6 Å². The number of nitrogens with zero attached hydrogens (tertiary/aromatic N) is 3. The third kappa shape index (κ3) is 6.75. The summed E-state index contributed by atoms with van der Waals surface area (Å²) in [6.07, 6.45) is 5.79. The number of para-hydroxylation sites is 1.